The number of amides is 1. The standard InChI is InChI=1S/C13H17ClN2OS/c14-12-4-3-11(18-12)13(17)16-6-8-1-2-10(15)5-9(8)7-16/h3-4,8-10H,1-2,5-7,15H2/t8-,9+,10?/m1/s1. The smallest absolute Gasteiger partial charge is 0.263 e. The van der Waals surface area contributed by atoms with E-state index in [2.05, 4.69) is 0 Å². The maximum Gasteiger partial charge on any atom is 0.263 e. The van der Waals surface area contributed by atoms with Crippen LogP contribution in [0.5, 0.6) is 0 Å². The SMILES string of the molecule is NC1CC[C@@H]2CN(C(=O)c3ccc(Cl)s3)C[C@@H]2C1. The van der Waals surface area contributed by atoms with Crippen LogP contribution in [0.2, 0.25) is 4.34 Å². The van der Waals surface area contributed by atoms with E-state index >= 15 is 0 Å². The molecule has 2 heterocycles. The molecule has 1 aliphatic carbocycles. The maximum atomic E-state index is 12.3. The van der Waals surface area contributed by atoms with Crippen molar-refractivity contribution in [3.05, 3.63) is 21.3 Å². The summed E-state index contributed by atoms with van der Waals surface area (Å²) in [6.07, 6.45) is 3.34. The van der Waals surface area contributed by atoms with Crippen LogP contribution in [0.25, 0.3) is 0 Å². The molecule has 3 rings (SSSR count). The molecule has 0 spiro atoms. The zero-order valence-electron chi connectivity index (χ0n) is 10.1. The molecule has 1 aliphatic heterocycles. The van der Waals surface area contributed by atoms with E-state index in [1.165, 1.54) is 17.8 Å². The van der Waals surface area contributed by atoms with Crippen molar-refractivity contribution >= 4 is 28.8 Å². The van der Waals surface area contributed by atoms with Crippen LogP contribution in [0.3, 0.4) is 0 Å². The normalized spacial score (nSPS) is 31.4. The topological polar surface area (TPSA) is 46.3 Å². The van der Waals surface area contributed by atoms with Crippen molar-refractivity contribution < 1.29 is 4.79 Å². The first-order valence-corrected chi connectivity index (χ1v) is 7.63. The Morgan fingerprint density at radius 2 is 2.11 bits per heavy atom. The molecule has 18 heavy (non-hydrogen) atoms. The molecule has 2 fully saturated rings. The van der Waals surface area contributed by atoms with Crippen molar-refractivity contribution in [3.8, 4) is 0 Å². The molecule has 1 aromatic heterocycles. The van der Waals surface area contributed by atoms with E-state index in [-0.39, 0.29) is 5.91 Å². The first kappa shape index (κ1) is 12.5. The predicted molar refractivity (Wildman–Crippen MR) is 74.0 cm³/mol. The third-order valence-corrected chi connectivity index (χ3v) is 5.38. The monoisotopic (exact) mass is 284 g/mol. The van der Waals surface area contributed by atoms with Gasteiger partial charge < -0.3 is 10.6 Å². The van der Waals surface area contributed by atoms with E-state index in [0.29, 0.717) is 22.2 Å². The summed E-state index contributed by atoms with van der Waals surface area (Å²) in [4.78, 5) is 15.1. The van der Waals surface area contributed by atoms with Crippen molar-refractivity contribution in [3.63, 3.8) is 0 Å². The summed E-state index contributed by atoms with van der Waals surface area (Å²) in [7, 11) is 0. The number of likely N-dealkylation sites (tertiary alicyclic amines) is 1. The number of nitrogens with zero attached hydrogens (tertiary/aromatic N) is 1. The predicted octanol–water partition coefficient (Wildman–Crippen LogP) is 2.60. The molecule has 2 aliphatic rings. The Morgan fingerprint density at radius 3 is 2.83 bits per heavy atom. The zero-order chi connectivity index (χ0) is 12.7. The van der Waals surface area contributed by atoms with Crippen LogP contribution in [0.4, 0.5) is 0 Å². The maximum absolute atomic E-state index is 12.3. The molecule has 1 saturated carbocycles. The lowest BCUT2D eigenvalue weighted by Crippen LogP contribution is -2.32. The number of carbonyl (C=O) groups is 1. The van der Waals surface area contributed by atoms with Crippen molar-refractivity contribution in [2.45, 2.75) is 25.3 Å². The molecule has 1 saturated heterocycles. The second-order valence-electron chi connectivity index (χ2n) is 5.41. The first-order valence-electron chi connectivity index (χ1n) is 6.43. The molecule has 5 heteroatoms. The third-order valence-electron chi connectivity index (χ3n) is 4.16. The number of hydrogen-bond donors (Lipinski definition) is 1. The molecule has 0 radical (unpaired) electrons. The fraction of sp³-hybridized carbons (Fsp3) is 0.615. The molecule has 1 unspecified atom stereocenters. The highest BCUT2D eigenvalue weighted by Crippen LogP contribution is 2.36. The van der Waals surface area contributed by atoms with Gasteiger partial charge in [-0.15, -0.1) is 11.3 Å². The van der Waals surface area contributed by atoms with Crippen molar-refractivity contribution in [1.82, 2.24) is 4.90 Å². The van der Waals surface area contributed by atoms with Gasteiger partial charge in [0, 0.05) is 19.1 Å². The Balaban J connectivity index is 1.70. The van der Waals surface area contributed by atoms with E-state index in [1.54, 1.807) is 6.07 Å². The van der Waals surface area contributed by atoms with Crippen LogP contribution in [-0.4, -0.2) is 29.9 Å². The molecule has 98 valence electrons. The molecular formula is C13H17ClN2OS. The first-order chi connectivity index (χ1) is 8.63. The summed E-state index contributed by atoms with van der Waals surface area (Å²) in [5.41, 5.74) is 6.01. The Hall–Kier alpha value is -0.580. The van der Waals surface area contributed by atoms with Gasteiger partial charge in [0.05, 0.1) is 9.21 Å². The molecule has 3 atom stereocenters. The second-order valence-corrected chi connectivity index (χ2v) is 7.12. The quantitative estimate of drug-likeness (QED) is 0.862. The number of nitrogens with two attached hydrogens (primary N) is 1. The van der Waals surface area contributed by atoms with Gasteiger partial charge in [-0.3, -0.25) is 4.79 Å². The minimum atomic E-state index is 0.134. The Bertz CT molecular complexity index is 462. The largest absolute Gasteiger partial charge is 0.337 e. The van der Waals surface area contributed by atoms with Crippen LogP contribution in [0.1, 0.15) is 28.9 Å². The molecule has 1 amide bonds. The molecular weight excluding hydrogens is 268 g/mol. The van der Waals surface area contributed by atoms with Gasteiger partial charge in [-0.1, -0.05) is 11.6 Å². The third kappa shape index (κ3) is 2.29. The van der Waals surface area contributed by atoms with Crippen molar-refractivity contribution in [1.29, 1.82) is 0 Å². The van der Waals surface area contributed by atoms with Crippen LogP contribution in [0.15, 0.2) is 12.1 Å². The Morgan fingerprint density at radius 1 is 1.33 bits per heavy atom. The summed E-state index contributed by atoms with van der Waals surface area (Å²) < 4.78 is 0.678. The summed E-state index contributed by atoms with van der Waals surface area (Å²) in [6, 6.07) is 3.94. The van der Waals surface area contributed by atoms with Gasteiger partial charge in [-0.25, -0.2) is 0 Å². The van der Waals surface area contributed by atoms with Crippen molar-refractivity contribution in [2.24, 2.45) is 17.6 Å². The number of halogens is 1. The van der Waals surface area contributed by atoms with E-state index < -0.39 is 0 Å². The lowest BCUT2D eigenvalue weighted by atomic mass is 9.79. The van der Waals surface area contributed by atoms with E-state index in [9.17, 15) is 4.79 Å². The summed E-state index contributed by atoms with van der Waals surface area (Å²) >= 11 is 7.25. The van der Waals surface area contributed by atoms with Crippen LogP contribution in [-0.2, 0) is 0 Å². The van der Waals surface area contributed by atoms with E-state index in [0.717, 1.165) is 30.8 Å². The number of rotatable bonds is 1. The Kier molecular flexibility index (Phi) is 3.34. The average molecular weight is 285 g/mol. The van der Waals surface area contributed by atoms with Gasteiger partial charge in [0.1, 0.15) is 0 Å². The number of fused-ring (bicyclic) bond motifs is 1. The molecule has 0 bridgehead atoms. The van der Waals surface area contributed by atoms with Gasteiger partial charge in [0.2, 0.25) is 0 Å². The van der Waals surface area contributed by atoms with Gasteiger partial charge in [0.15, 0.2) is 0 Å². The van der Waals surface area contributed by atoms with E-state index in [1.807, 2.05) is 11.0 Å². The van der Waals surface area contributed by atoms with E-state index in [4.69, 9.17) is 17.3 Å². The van der Waals surface area contributed by atoms with Crippen LogP contribution in [0, 0.1) is 11.8 Å². The highest BCUT2D eigenvalue weighted by molar-refractivity contribution is 7.17. The molecule has 0 aromatic carbocycles. The number of carbonyl (C=O) groups excluding carboxylic acids is 1. The van der Waals surface area contributed by atoms with Crippen LogP contribution < -0.4 is 5.73 Å². The Labute approximate surface area is 116 Å². The minimum Gasteiger partial charge on any atom is -0.337 e. The fourth-order valence-corrected chi connectivity index (χ4v) is 4.23. The summed E-state index contributed by atoms with van der Waals surface area (Å²) in [5, 5.41) is 0. The van der Waals surface area contributed by atoms with Gasteiger partial charge in [-0.2, -0.15) is 0 Å². The molecule has 1 aromatic rings. The lowest BCUT2D eigenvalue weighted by Gasteiger charge is -2.27. The second kappa shape index (κ2) is 4.83. The summed E-state index contributed by atoms with van der Waals surface area (Å²) in [5.74, 6) is 1.40. The number of thiophene rings is 1. The van der Waals surface area contributed by atoms with Gasteiger partial charge >= 0.3 is 0 Å². The van der Waals surface area contributed by atoms with Crippen LogP contribution >= 0.6 is 22.9 Å². The zero-order valence-corrected chi connectivity index (χ0v) is 11.7. The highest BCUT2D eigenvalue weighted by atomic mass is 35.5. The van der Waals surface area contributed by atoms with Gasteiger partial charge in [-0.05, 0) is 43.2 Å². The molecule has 2 N–H and O–H groups in total. The minimum absolute atomic E-state index is 0.134. The van der Waals surface area contributed by atoms with Gasteiger partial charge in [0.25, 0.3) is 5.91 Å². The van der Waals surface area contributed by atoms with Crippen molar-refractivity contribution in [2.75, 3.05) is 13.1 Å². The summed E-state index contributed by atoms with van der Waals surface area (Å²) in [6.45, 7) is 1.76. The highest BCUT2D eigenvalue weighted by Gasteiger charge is 2.38. The fourth-order valence-electron chi connectivity index (χ4n) is 3.22. The lowest BCUT2D eigenvalue weighted by molar-refractivity contribution is 0.0788. The average Bonchev–Trinajstić information content (AvgIpc) is 2.93. The molecule has 3 nitrogen and oxygen atoms in total. The number of hydrogen-bond acceptors (Lipinski definition) is 3.